The third kappa shape index (κ3) is 8.25. The van der Waals surface area contributed by atoms with Gasteiger partial charge in [-0.1, -0.05) is 67.7 Å². The maximum atomic E-state index is 3.47. The predicted octanol–water partition coefficient (Wildman–Crippen LogP) is 8.29. The SMILES string of the molecule is CC(C)(C)[Si](C)(C)C1=[C-]CC=C1.CC(C)(C)[Si](C)(C)C1=[C-]CC=C1.Cl.Cl.[Zr+2]. The summed E-state index contributed by atoms with van der Waals surface area (Å²) in [6, 6.07) is 0. The monoisotopic (exact) mass is 520 g/mol. The molecule has 5 heteroatoms. The molecule has 2 aliphatic rings. The summed E-state index contributed by atoms with van der Waals surface area (Å²) < 4.78 is 0. The fraction of sp³-hybridized carbons (Fsp3) is 0.636. The third-order valence-corrected chi connectivity index (χ3v) is 17.4. The second-order valence-corrected chi connectivity index (χ2v) is 20.7. The van der Waals surface area contributed by atoms with Crippen LogP contribution in [0, 0.1) is 12.2 Å². The predicted molar refractivity (Wildman–Crippen MR) is 130 cm³/mol. The molecule has 0 aliphatic heterocycles. The van der Waals surface area contributed by atoms with Gasteiger partial charge < -0.3 is 0 Å². The van der Waals surface area contributed by atoms with Crippen LogP contribution in [-0.2, 0) is 26.2 Å². The number of hydrogen-bond donors (Lipinski definition) is 0. The Morgan fingerprint density at radius 3 is 1.07 bits per heavy atom. The Morgan fingerprint density at radius 2 is 0.926 bits per heavy atom. The van der Waals surface area contributed by atoms with E-state index in [0.717, 1.165) is 12.8 Å². The molecule has 0 nitrogen and oxygen atoms in total. The molecule has 0 unspecified atom stereocenters. The van der Waals surface area contributed by atoms with Crippen molar-refractivity contribution in [2.24, 2.45) is 0 Å². The van der Waals surface area contributed by atoms with Crippen LogP contribution < -0.4 is 0 Å². The van der Waals surface area contributed by atoms with Crippen LogP contribution in [0.5, 0.6) is 0 Å². The molecule has 0 aromatic rings. The summed E-state index contributed by atoms with van der Waals surface area (Å²) in [4.78, 5) is 0. The van der Waals surface area contributed by atoms with Crippen molar-refractivity contribution in [3.63, 3.8) is 0 Å². The average Bonchev–Trinajstić information content (AvgIpc) is 3.11. The molecular weight excluding hydrogens is 483 g/mol. The van der Waals surface area contributed by atoms with Crippen LogP contribution in [0.25, 0.3) is 0 Å². The fourth-order valence-corrected chi connectivity index (χ4v) is 6.25. The van der Waals surface area contributed by atoms with Crippen LogP contribution >= 0.6 is 24.8 Å². The number of hydrogen-bond acceptors (Lipinski definition) is 0. The Balaban J connectivity index is -0.000000384. The van der Waals surface area contributed by atoms with Gasteiger partial charge in [0.25, 0.3) is 0 Å². The second kappa shape index (κ2) is 11.9. The summed E-state index contributed by atoms with van der Waals surface area (Å²) in [5.74, 6) is 0. The zero-order chi connectivity index (χ0) is 18.8. The van der Waals surface area contributed by atoms with Gasteiger partial charge in [0.05, 0.1) is 0 Å². The molecule has 0 amide bonds. The summed E-state index contributed by atoms with van der Waals surface area (Å²) in [6.45, 7) is 23.8. The molecule has 0 saturated carbocycles. The topological polar surface area (TPSA) is 0 Å². The zero-order valence-electron chi connectivity index (χ0n) is 19.0. The van der Waals surface area contributed by atoms with E-state index in [1.165, 1.54) is 10.4 Å². The van der Waals surface area contributed by atoms with E-state index >= 15 is 0 Å². The molecule has 0 radical (unpaired) electrons. The molecular formula is C22H40Cl2Si2Zr. The normalized spacial score (nSPS) is 16.2. The molecule has 0 N–H and O–H groups in total. The molecule has 0 bridgehead atoms. The summed E-state index contributed by atoms with van der Waals surface area (Å²) in [5.41, 5.74) is 0. The van der Waals surface area contributed by atoms with E-state index in [2.05, 4.69) is 104 Å². The Labute approximate surface area is 203 Å². The molecule has 0 heterocycles. The van der Waals surface area contributed by atoms with Crippen molar-refractivity contribution < 1.29 is 26.2 Å². The maximum Gasteiger partial charge on any atom is 2.00 e. The Kier molecular flexibility index (Phi) is 14.3. The zero-order valence-corrected chi connectivity index (χ0v) is 25.1. The molecule has 2 rings (SSSR count). The van der Waals surface area contributed by atoms with Gasteiger partial charge in [-0.2, -0.15) is 12.2 Å². The van der Waals surface area contributed by atoms with Crippen molar-refractivity contribution in [2.45, 2.75) is 90.6 Å². The fourth-order valence-electron chi connectivity index (χ4n) is 2.48. The largest absolute Gasteiger partial charge is 2.00 e. The number of allylic oxidation sites excluding steroid dienone is 8. The van der Waals surface area contributed by atoms with Crippen molar-refractivity contribution in [3.8, 4) is 0 Å². The minimum atomic E-state index is -1.25. The first kappa shape index (κ1) is 32.5. The molecule has 27 heavy (non-hydrogen) atoms. The van der Waals surface area contributed by atoms with Gasteiger partial charge in [0, 0.05) is 16.1 Å². The van der Waals surface area contributed by atoms with Gasteiger partial charge in [0.2, 0.25) is 0 Å². The van der Waals surface area contributed by atoms with E-state index in [1.54, 1.807) is 0 Å². The van der Waals surface area contributed by atoms with Gasteiger partial charge >= 0.3 is 26.2 Å². The quantitative estimate of drug-likeness (QED) is 0.253. The molecule has 0 spiro atoms. The van der Waals surface area contributed by atoms with Crippen LogP contribution in [-0.4, -0.2) is 16.1 Å². The van der Waals surface area contributed by atoms with Crippen molar-refractivity contribution in [2.75, 3.05) is 0 Å². The minimum Gasteiger partial charge on any atom is -0.274 e. The van der Waals surface area contributed by atoms with Crippen LogP contribution in [0.2, 0.25) is 36.3 Å². The smallest absolute Gasteiger partial charge is 0.274 e. The van der Waals surface area contributed by atoms with Gasteiger partial charge in [0.1, 0.15) is 0 Å². The molecule has 0 fully saturated rings. The number of halogens is 2. The summed E-state index contributed by atoms with van der Waals surface area (Å²) >= 11 is 0. The second-order valence-electron chi connectivity index (χ2n) is 10.1. The van der Waals surface area contributed by atoms with E-state index in [-0.39, 0.29) is 51.0 Å². The standard InChI is InChI=1S/2C11H19Si.2ClH.Zr/c2*1-11(2,3)12(4,5)10-8-6-7-9-10;;;/h2*6,8H,7H2,1-5H3;2*1H;/q2*-1;;;+2. The van der Waals surface area contributed by atoms with Gasteiger partial charge in [-0.15, -0.1) is 37.7 Å². The van der Waals surface area contributed by atoms with Gasteiger partial charge in [-0.05, 0) is 10.1 Å². The van der Waals surface area contributed by atoms with Crippen LogP contribution in [0.3, 0.4) is 0 Å². The summed E-state index contributed by atoms with van der Waals surface area (Å²) in [7, 11) is -2.51. The van der Waals surface area contributed by atoms with E-state index in [4.69, 9.17) is 0 Å². The molecule has 0 aromatic heterocycles. The van der Waals surface area contributed by atoms with E-state index in [9.17, 15) is 0 Å². The maximum absolute atomic E-state index is 3.47. The average molecular weight is 523 g/mol. The molecule has 0 saturated heterocycles. The van der Waals surface area contributed by atoms with Gasteiger partial charge in [-0.3, -0.25) is 12.2 Å². The molecule has 2 aliphatic carbocycles. The third-order valence-electron chi connectivity index (χ3n) is 6.49. The van der Waals surface area contributed by atoms with Crippen molar-refractivity contribution in [1.82, 2.24) is 0 Å². The summed E-state index contributed by atoms with van der Waals surface area (Å²) in [5, 5.41) is 3.92. The van der Waals surface area contributed by atoms with Gasteiger partial charge in [-0.25, -0.2) is 22.5 Å². The molecule has 0 aromatic carbocycles. The van der Waals surface area contributed by atoms with Crippen molar-refractivity contribution in [3.05, 3.63) is 46.8 Å². The number of rotatable bonds is 2. The van der Waals surface area contributed by atoms with E-state index in [1.807, 2.05) is 0 Å². The van der Waals surface area contributed by atoms with E-state index < -0.39 is 16.1 Å². The first-order valence-electron chi connectivity index (χ1n) is 9.27. The van der Waals surface area contributed by atoms with Gasteiger partial charge in [0.15, 0.2) is 0 Å². The van der Waals surface area contributed by atoms with Crippen molar-refractivity contribution >= 4 is 41.0 Å². The van der Waals surface area contributed by atoms with Crippen LogP contribution in [0.15, 0.2) is 34.7 Å². The first-order valence-corrected chi connectivity index (χ1v) is 15.3. The summed E-state index contributed by atoms with van der Waals surface area (Å²) in [6.07, 6.45) is 18.0. The van der Waals surface area contributed by atoms with Crippen molar-refractivity contribution in [1.29, 1.82) is 0 Å². The first-order chi connectivity index (χ1) is 10.7. The Morgan fingerprint density at radius 1 is 0.667 bits per heavy atom. The van der Waals surface area contributed by atoms with E-state index in [0.29, 0.717) is 10.1 Å². The van der Waals surface area contributed by atoms with Crippen LogP contribution in [0.1, 0.15) is 54.4 Å². The minimum absolute atomic E-state index is 0. The van der Waals surface area contributed by atoms with Crippen LogP contribution in [0.4, 0.5) is 0 Å². The molecule has 154 valence electrons. The Bertz CT molecular complexity index is 520. The molecule has 0 atom stereocenters. The Hall–Kier alpha value is 0.857.